The summed E-state index contributed by atoms with van der Waals surface area (Å²) in [5.41, 5.74) is 9.94. The predicted molar refractivity (Wildman–Crippen MR) is 100 cm³/mol. The van der Waals surface area contributed by atoms with Gasteiger partial charge in [0.05, 0.1) is 13.2 Å². The Balaban J connectivity index is 1.98. The van der Waals surface area contributed by atoms with Gasteiger partial charge in [-0.05, 0) is 30.9 Å². The number of hydrogen-bond acceptors (Lipinski definition) is 5. The number of rotatable bonds is 12. The molecule has 0 aliphatic heterocycles. The maximum Gasteiger partial charge on any atom is 0.322 e. The molecule has 0 bridgehead atoms. The van der Waals surface area contributed by atoms with Gasteiger partial charge in [0.15, 0.2) is 0 Å². The van der Waals surface area contributed by atoms with Crippen molar-refractivity contribution in [2.45, 2.75) is 57.6 Å². The maximum atomic E-state index is 11.8. The van der Waals surface area contributed by atoms with Crippen LogP contribution in [0.5, 0.6) is 0 Å². The topological polar surface area (TPSA) is 73.6 Å². The van der Waals surface area contributed by atoms with Gasteiger partial charge < -0.3 is 10.5 Å². The van der Waals surface area contributed by atoms with Gasteiger partial charge >= 0.3 is 5.97 Å². The summed E-state index contributed by atoms with van der Waals surface area (Å²) in [6, 6.07) is 10.5. The average molecular weight is 353 g/mol. The Morgan fingerprint density at radius 3 is 2.58 bits per heavy atom. The molecule has 0 radical (unpaired) electrons. The molecule has 0 amide bonds. The summed E-state index contributed by atoms with van der Waals surface area (Å²) in [4.78, 5) is 17.2. The lowest BCUT2D eigenvalue weighted by Crippen LogP contribution is -2.33. The standard InChI is InChI=1S/C18H32N2O3Si/c1-24(2,3)14-13-22-18(21)17(19)11-7-8-12-20-23-15-16-9-5-4-6-10-16/h4-6,9-10,17,20H,7-8,11-15,19H2,1-3H3/t17-/m0/s1. The van der Waals surface area contributed by atoms with Crippen molar-refractivity contribution < 1.29 is 14.4 Å². The van der Waals surface area contributed by atoms with Crippen LogP contribution >= 0.6 is 0 Å². The highest BCUT2D eigenvalue weighted by atomic mass is 28.3. The lowest BCUT2D eigenvalue weighted by Gasteiger charge is -2.17. The molecule has 0 saturated carbocycles. The molecule has 0 fully saturated rings. The number of esters is 1. The quantitative estimate of drug-likeness (QED) is 0.262. The number of hydroxylamine groups is 1. The van der Waals surface area contributed by atoms with Crippen molar-refractivity contribution in [3.8, 4) is 0 Å². The third kappa shape index (κ3) is 10.5. The average Bonchev–Trinajstić information content (AvgIpc) is 2.53. The van der Waals surface area contributed by atoms with Crippen LogP contribution in [-0.2, 0) is 21.0 Å². The van der Waals surface area contributed by atoms with Crippen molar-refractivity contribution in [2.24, 2.45) is 5.73 Å². The van der Waals surface area contributed by atoms with Crippen molar-refractivity contribution >= 4 is 14.0 Å². The van der Waals surface area contributed by atoms with Gasteiger partial charge in [0.2, 0.25) is 0 Å². The normalized spacial score (nSPS) is 12.8. The van der Waals surface area contributed by atoms with Crippen LogP contribution < -0.4 is 11.2 Å². The fourth-order valence-corrected chi connectivity index (χ4v) is 2.74. The van der Waals surface area contributed by atoms with Crippen molar-refractivity contribution in [2.75, 3.05) is 13.2 Å². The van der Waals surface area contributed by atoms with Gasteiger partial charge in [-0.3, -0.25) is 9.63 Å². The minimum Gasteiger partial charge on any atom is -0.465 e. The largest absolute Gasteiger partial charge is 0.465 e. The number of ether oxygens (including phenoxy) is 1. The lowest BCUT2D eigenvalue weighted by molar-refractivity contribution is -0.144. The van der Waals surface area contributed by atoms with Crippen LogP contribution in [0.4, 0.5) is 0 Å². The van der Waals surface area contributed by atoms with Gasteiger partial charge in [0.1, 0.15) is 6.04 Å². The first-order valence-electron chi connectivity index (χ1n) is 8.69. The number of carbonyl (C=O) groups excluding carboxylic acids is 1. The van der Waals surface area contributed by atoms with Crippen LogP contribution in [0.15, 0.2) is 30.3 Å². The molecule has 5 nitrogen and oxygen atoms in total. The summed E-state index contributed by atoms with van der Waals surface area (Å²) in [5, 5.41) is 0. The zero-order chi connectivity index (χ0) is 17.8. The molecule has 1 atom stereocenters. The molecule has 0 saturated heterocycles. The van der Waals surface area contributed by atoms with E-state index < -0.39 is 14.1 Å². The van der Waals surface area contributed by atoms with E-state index in [-0.39, 0.29) is 5.97 Å². The Morgan fingerprint density at radius 2 is 1.92 bits per heavy atom. The second-order valence-corrected chi connectivity index (χ2v) is 12.9. The van der Waals surface area contributed by atoms with E-state index >= 15 is 0 Å². The first-order valence-corrected chi connectivity index (χ1v) is 12.4. The highest BCUT2D eigenvalue weighted by Crippen LogP contribution is 2.08. The van der Waals surface area contributed by atoms with Gasteiger partial charge in [-0.2, -0.15) is 0 Å². The SMILES string of the molecule is C[Si](C)(C)CCOC(=O)[C@@H](N)CCCCNOCc1ccccc1. The number of carbonyl (C=O) groups is 1. The van der Waals surface area contributed by atoms with Crippen LogP contribution in [0.1, 0.15) is 24.8 Å². The maximum absolute atomic E-state index is 11.8. The minimum atomic E-state index is -1.17. The molecule has 136 valence electrons. The van der Waals surface area contributed by atoms with Crippen molar-refractivity contribution in [3.05, 3.63) is 35.9 Å². The van der Waals surface area contributed by atoms with Crippen molar-refractivity contribution in [1.29, 1.82) is 0 Å². The van der Waals surface area contributed by atoms with E-state index in [4.69, 9.17) is 15.3 Å². The summed E-state index contributed by atoms with van der Waals surface area (Å²) < 4.78 is 5.25. The molecule has 1 rings (SSSR count). The zero-order valence-corrected chi connectivity index (χ0v) is 16.2. The second kappa shape index (κ2) is 11.4. The van der Waals surface area contributed by atoms with Crippen LogP contribution in [-0.4, -0.2) is 33.2 Å². The number of benzene rings is 1. The van der Waals surface area contributed by atoms with Gasteiger partial charge in [0, 0.05) is 14.6 Å². The van der Waals surface area contributed by atoms with E-state index in [1.165, 1.54) is 0 Å². The smallest absolute Gasteiger partial charge is 0.322 e. The fourth-order valence-electron chi connectivity index (χ4n) is 2.02. The summed E-state index contributed by atoms with van der Waals surface area (Å²) in [6.45, 7) is 8.56. The summed E-state index contributed by atoms with van der Waals surface area (Å²) in [7, 11) is -1.17. The Kier molecular flexibility index (Phi) is 9.86. The van der Waals surface area contributed by atoms with Gasteiger partial charge in [0.25, 0.3) is 0 Å². The first kappa shape index (κ1) is 20.8. The molecular formula is C18H32N2O3Si. The Hall–Kier alpha value is -1.21. The number of nitrogens with one attached hydrogen (secondary N) is 1. The molecule has 6 heteroatoms. The summed E-state index contributed by atoms with van der Waals surface area (Å²) in [6.07, 6.45) is 2.42. The lowest BCUT2D eigenvalue weighted by atomic mass is 10.1. The molecule has 0 heterocycles. The van der Waals surface area contributed by atoms with Crippen LogP contribution in [0.25, 0.3) is 0 Å². The molecule has 0 aliphatic carbocycles. The Morgan fingerprint density at radius 1 is 1.21 bits per heavy atom. The number of hydrogen-bond donors (Lipinski definition) is 2. The van der Waals surface area contributed by atoms with Crippen molar-refractivity contribution in [3.63, 3.8) is 0 Å². The number of nitrogens with two attached hydrogens (primary N) is 1. The third-order valence-corrected chi connectivity index (χ3v) is 5.33. The van der Waals surface area contributed by atoms with E-state index in [1.807, 2.05) is 30.3 Å². The molecule has 0 aliphatic rings. The predicted octanol–water partition coefficient (Wildman–Crippen LogP) is 3.09. The second-order valence-electron chi connectivity index (χ2n) is 7.25. The molecule has 0 aromatic heterocycles. The van der Waals surface area contributed by atoms with Crippen LogP contribution in [0.2, 0.25) is 25.7 Å². The van der Waals surface area contributed by atoms with Crippen LogP contribution in [0, 0.1) is 0 Å². The molecule has 3 N–H and O–H groups in total. The molecule has 0 spiro atoms. The Bertz CT molecular complexity index is 463. The highest BCUT2D eigenvalue weighted by Gasteiger charge is 2.17. The third-order valence-electron chi connectivity index (χ3n) is 3.63. The van der Waals surface area contributed by atoms with Crippen LogP contribution in [0.3, 0.4) is 0 Å². The van der Waals surface area contributed by atoms with E-state index in [0.29, 0.717) is 19.6 Å². The first-order chi connectivity index (χ1) is 11.4. The van der Waals surface area contributed by atoms with Crippen molar-refractivity contribution in [1.82, 2.24) is 5.48 Å². The van der Waals surface area contributed by atoms with E-state index in [1.54, 1.807) is 0 Å². The van der Waals surface area contributed by atoms with Gasteiger partial charge in [-0.1, -0.05) is 50.0 Å². The molecule has 0 unspecified atom stereocenters. The van der Waals surface area contributed by atoms with E-state index in [2.05, 4.69) is 25.1 Å². The molecule has 1 aromatic carbocycles. The molecule has 1 aromatic rings. The van der Waals surface area contributed by atoms with E-state index in [9.17, 15) is 4.79 Å². The van der Waals surface area contributed by atoms with Gasteiger partial charge in [-0.15, -0.1) is 0 Å². The monoisotopic (exact) mass is 352 g/mol. The van der Waals surface area contributed by atoms with E-state index in [0.717, 1.165) is 31.0 Å². The molecule has 24 heavy (non-hydrogen) atoms. The summed E-state index contributed by atoms with van der Waals surface area (Å²) in [5.74, 6) is -0.276. The molecular weight excluding hydrogens is 320 g/mol. The highest BCUT2D eigenvalue weighted by molar-refractivity contribution is 6.76. The zero-order valence-electron chi connectivity index (χ0n) is 15.2. The number of unbranched alkanes of at least 4 members (excludes halogenated alkanes) is 1. The summed E-state index contributed by atoms with van der Waals surface area (Å²) >= 11 is 0. The van der Waals surface area contributed by atoms with Gasteiger partial charge in [-0.25, -0.2) is 5.48 Å². The minimum absolute atomic E-state index is 0.276. The fraction of sp³-hybridized carbons (Fsp3) is 0.611. The Labute approximate surface area is 146 Å².